The molecule has 0 fully saturated rings. The maximum absolute atomic E-state index is 12.2. The number of benzene rings is 1. The fourth-order valence-corrected chi connectivity index (χ4v) is 4.34. The van der Waals surface area contributed by atoms with E-state index in [0.717, 1.165) is 11.3 Å². The van der Waals surface area contributed by atoms with Gasteiger partial charge < -0.3 is 14.8 Å². The number of methoxy groups -OCH3 is 2. The first-order valence-electron chi connectivity index (χ1n) is 7.50. The van der Waals surface area contributed by atoms with E-state index < -0.39 is 15.9 Å². The lowest BCUT2D eigenvalue weighted by Gasteiger charge is -2.12. The molecule has 1 aromatic heterocycles. The van der Waals surface area contributed by atoms with Crippen LogP contribution in [0.1, 0.15) is 11.8 Å². The molecule has 0 bridgehead atoms. The Morgan fingerprint density at radius 3 is 2.52 bits per heavy atom. The van der Waals surface area contributed by atoms with E-state index in [1.807, 2.05) is 6.92 Å². The van der Waals surface area contributed by atoms with Crippen molar-refractivity contribution in [2.75, 3.05) is 26.1 Å². The standard InChI is InChI=1S/C16H20N2O5S2/c1-4-12-6-8-16(24-12)25(20,21)17-10-15(19)18-13-7-5-11(22-2)9-14(13)23-3/h5-9,17H,4,10H2,1-3H3,(H,18,19). The highest BCUT2D eigenvalue weighted by molar-refractivity contribution is 7.91. The maximum atomic E-state index is 12.2. The van der Waals surface area contributed by atoms with Crippen LogP contribution < -0.4 is 19.5 Å². The fraction of sp³-hybridized carbons (Fsp3) is 0.312. The molecule has 2 rings (SSSR count). The number of sulfonamides is 1. The molecule has 0 spiro atoms. The van der Waals surface area contributed by atoms with Crippen molar-refractivity contribution in [1.82, 2.24) is 4.72 Å². The van der Waals surface area contributed by atoms with Crippen LogP contribution in [-0.4, -0.2) is 35.1 Å². The van der Waals surface area contributed by atoms with Crippen LogP contribution in [-0.2, 0) is 21.2 Å². The van der Waals surface area contributed by atoms with E-state index in [4.69, 9.17) is 9.47 Å². The van der Waals surface area contributed by atoms with Crippen molar-refractivity contribution in [1.29, 1.82) is 0 Å². The second-order valence-electron chi connectivity index (χ2n) is 5.01. The van der Waals surface area contributed by atoms with Crippen molar-refractivity contribution in [2.24, 2.45) is 0 Å². The third kappa shape index (κ3) is 4.94. The van der Waals surface area contributed by atoms with E-state index in [1.54, 1.807) is 24.3 Å². The number of carbonyl (C=O) groups excluding carboxylic acids is 1. The van der Waals surface area contributed by atoms with Gasteiger partial charge in [0.05, 0.1) is 26.5 Å². The van der Waals surface area contributed by atoms with Gasteiger partial charge in [0.15, 0.2) is 0 Å². The number of aryl methyl sites for hydroxylation is 1. The second kappa shape index (κ2) is 8.32. The van der Waals surface area contributed by atoms with Gasteiger partial charge in [-0.05, 0) is 30.7 Å². The third-order valence-electron chi connectivity index (χ3n) is 3.36. The summed E-state index contributed by atoms with van der Waals surface area (Å²) in [6.07, 6.45) is 0.762. The Kier molecular flexibility index (Phi) is 6.40. The topological polar surface area (TPSA) is 93.7 Å². The average Bonchev–Trinajstić information content (AvgIpc) is 3.10. The number of amides is 1. The van der Waals surface area contributed by atoms with E-state index >= 15 is 0 Å². The Bertz CT molecular complexity index is 846. The first kappa shape index (κ1) is 19.2. The van der Waals surface area contributed by atoms with Crippen molar-refractivity contribution in [3.63, 3.8) is 0 Å². The first-order chi connectivity index (χ1) is 11.9. The van der Waals surface area contributed by atoms with Crippen LogP contribution in [0.15, 0.2) is 34.5 Å². The van der Waals surface area contributed by atoms with E-state index in [9.17, 15) is 13.2 Å². The van der Waals surface area contributed by atoms with Gasteiger partial charge in [-0.3, -0.25) is 4.79 Å². The molecule has 9 heteroatoms. The molecule has 0 saturated carbocycles. The highest BCUT2D eigenvalue weighted by Gasteiger charge is 2.18. The van der Waals surface area contributed by atoms with Crippen LogP contribution >= 0.6 is 11.3 Å². The van der Waals surface area contributed by atoms with Gasteiger partial charge in [-0.15, -0.1) is 11.3 Å². The quantitative estimate of drug-likeness (QED) is 0.728. The number of carbonyl (C=O) groups is 1. The molecule has 0 aliphatic rings. The summed E-state index contributed by atoms with van der Waals surface area (Å²) in [4.78, 5) is 13.0. The van der Waals surface area contributed by atoms with Gasteiger partial charge in [0.2, 0.25) is 5.91 Å². The SMILES string of the molecule is CCc1ccc(S(=O)(=O)NCC(=O)Nc2ccc(OC)cc2OC)s1. The van der Waals surface area contributed by atoms with Gasteiger partial charge in [0, 0.05) is 10.9 Å². The van der Waals surface area contributed by atoms with Crippen LogP contribution in [0.4, 0.5) is 5.69 Å². The largest absolute Gasteiger partial charge is 0.497 e. The van der Waals surface area contributed by atoms with Crippen molar-refractivity contribution >= 4 is 33.0 Å². The number of rotatable bonds is 8. The lowest BCUT2D eigenvalue weighted by molar-refractivity contribution is -0.115. The molecule has 1 aromatic carbocycles. The molecule has 0 aliphatic carbocycles. The zero-order valence-electron chi connectivity index (χ0n) is 14.2. The summed E-state index contributed by atoms with van der Waals surface area (Å²) in [6, 6.07) is 8.21. The first-order valence-corrected chi connectivity index (χ1v) is 9.79. The molecule has 0 saturated heterocycles. The van der Waals surface area contributed by atoms with E-state index in [2.05, 4.69) is 10.0 Å². The van der Waals surface area contributed by atoms with Gasteiger partial charge in [-0.25, -0.2) is 13.1 Å². The molecular formula is C16H20N2O5S2. The minimum absolute atomic E-state index is 0.194. The summed E-state index contributed by atoms with van der Waals surface area (Å²) < 4.78 is 37.2. The van der Waals surface area contributed by atoms with Crippen LogP contribution in [0.5, 0.6) is 11.5 Å². The van der Waals surface area contributed by atoms with Gasteiger partial charge in [0.1, 0.15) is 15.7 Å². The predicted molar refractivity (Wildman–Crippen MR) is 97.1 cm³/mol. The van der Waals surface area contributed by atoms with Gasteiger partial charge >= 0.3 is 0 Å². The molecule has 25 heavy (non-hydrogen) atoms. The van der Waals surface area contributed by atoms with E-state index in [1.165, 1.54) is 31.6 Å². The minimum Gasteiger partial charge on any atom is -0.497 e. The highest BCUT2D eigenvalue weighted by atomic mass is 32.2. The van der Waals surface area contributed by atoms with E-state index in [0.29, 0.717) is 17.2 Å². The predicted octanol–water partition coefficient (Wildman–Crippen LogP) is 2.24. The number of anilines is 1. The maximum Gasteiger partial charge on any atom is 0.250 e. The van der Waals surface area contributed by atoms with Crippen molar-refractivity contribution in [3.8, 4) is 11.5 Å². The Labute approximate surface area is 151 Å². The van der Waals surface area contributed by atoms with Crippen molar-refractivity contribution in [2.45, 2.75) is 17.6 Å². The molecule has 136 valence electrons. The van der Waals surface area contributed by atoms with Crippen LogP contribution in [0.25, 0.3) is 0 Å². The summed E-state index contributed by atoms with van der Waals surface area (Å²) in [5, 5.41) is 2.61. The number of thiophene rings is 1. The second-order valence-corrected chi connectivity index (χ2v) is 8.18. The number of nitrogens with one attached hydrogen (secondary N) is 2. The Hall–Kier alpha value is -2.10. The monoisotopic (exact) mass is 384 g/mol. The fourth-order valence-electron chi connectivity index (χ4n) is 2.02. The summed E-state index contributed by atoms with van der Waals surface area (Å²) in [5.41, 5.74) is 0.428. The van der Waals surface area contributed by atoms with Crippen LogP contribution in [0.3, 0.4) is 0 Å². The van der Waals surface area contributed by atoms with Crippen molar-refractivity contribution < 1.29 is 22.7 Å². The van der Waals surface area contributed by atoms with Gasteiger partial charge in [-0.1, -0.05) is 6.92 Å². The molecule has 0 unspecified atom stereocenters. The summed E-state index contributed by atoms with van der Waals surface area (Å²) in [7, 11) is -0.715. The molecule has 0 atom stereocenters. The summed E-state index contributed by atoms with van der Waals surface area (Å²) in [5.74, 6) is 0.501. The van der Waals surface area contributed by atoms with Crippen LogP contribution in [0, 0.1) is 0 Å². The molecule has 0 aliphatic heterocycles. The molecular weight excluding hydrogens is 364 g/mol. The number of ether oxygens (including phenoxy) is 2. The Morgan fingerprint density at radius 2 is 1.92 bits per heavy atom. The molecule has 7 nitrogen and oxygen atoms in total. The van der Waals surface area contributed by atoms with Gasteiger partial charge in [0.25, 0.3) is 10.0 Å². The zero-order valence-corrected chi connectivity index (χ0v) is 15.8. The average molecular weight is 384 g/mol. The molecule has 1 amide bonds. The number of hydrogen-bond acceptors (Lipinski definition) is 6. The lowest BCUT2D eigenvalue weighted by Crippen LogP contribution is -2.32. The summed E-state index contributed by atoms with van der Waals surface area (Å²) >= 11 is 1.19. The Morgan fingerprint density at radius 1 is 1.16 bits per heavy atom. The van der Waals surface area contributed by atoms with Crippen molar-refractivity contribution in [3.05, 3.63) is 35.2 Å². The number of hydrogen-bond donors (Lipinski definition) is 2. The smallest absolute Gasteiger partial charge is 0.250 e. The minimum atomic E-state index is -3.71. The highest BCUT2D eigenvalue weighted by Crippen LogP contribution is 2.29. The molecule has 2 N–H and O–H groups in total. The Balaban J connectivity index is 2.01. The molecule has 0 radical (unpaired) electrons. The van der Waals surface area contributed by atoms with E-state index in [-0.39, 0.29) is 10.8 Å². The lowest BCUT2D eigenvalue weighted by atomic mass is 10.2. The third-order valence-corrected chi connectivity index (χ3v) is 6.48. The normalized spacial score (nSPS) is 11.2. The molecule has 1 heterocycles. The van der Waals surface area contributed by atoms with Gasteiger partial charge in [-0.2, -0.15) is 0 Å². The summed E-state index contributed by atoms with van der Waals surface area (Å²) in [6.45, 7) is 1.57. The van der Waals surface area contributed by atoms with Crippen LogP contribution in [0.2, 0.25) is 0 Å². The molecule has 2 aromatic rings. The zero-order chi connectivity index (χ0) is 18.4.